The van der Waals surface area contributed by atoms with E-state index in [0.717, 1.165) is 29.7 Å². The lowest BCUT2D eigenvalue weighted by atomic mass is 9.86. The standard InChI is InChI=1S/C25H26N2O5/c1-15-7-3-5-9-20(15)26-22(28)14-32-25(31)17-11-12-18-19(13-17)24(30)27(23(18)29)21-10-6-4-8-16(21)2/h4,6,8,10-13,15,20H,3,5,7,9,14H2,1-2H3,(H,26,28)/t15-,20+/m0/s1. The molecule has 7 nitrogen and oxygen atoms in total. The lowest BCUT2D eigenvalue weighted by Gasteiger charge is -2.29. The zero-order valence-corrected chi connectivity index (χ0v) is 18.2. The SMILES string of the molecule is Cc1ccccc1N1C(=O)c2ccc(C(=O)OCC(=O)N[C@@H]3CCCC[C@@H]3C)cc2C1=O. The van der Waals surface area contributed by atoms with Gasteiger partial charge in [0.1, 0.15) is 0 Å². The van der Waals surface area contributed by atoms with Gasteiger partial charge in [0.05, 0.1) is 22.4 Å². The molecule has 0 unspecified atom stereocenters. The predicted molar refractivity (Wildman–Crippen MR) is 119 cm³/mol. The summed E-state index contributed by atoms with van der Waals surface area (Å²) in [4.78, 5) is 51.6. The van der Waals surface area contributed by atoms with Gasteiger partial charge in [-0.25, -0.2) is 9.69 Å². The quantitative estimate of drug-likeness (QED) is 0.573. The van der Waals surface area contributed by atoms with Crippen molar-refractivity contribution in [1.29, 1.82) is 0 Å². The molecule has 0 spiro atoms. The molecule has 0 aromatic heterocycles. The van der Waals surface area contributed by atoms with Crippen LogP contribution in [0.25, 0.3) is 0 Å². The Hall–Kier alpha value is -3.48. The summed E-state index contributed by atoms with van der Waals surface area (Å²) < 4.78 is 5.16. The molecule has 0 radical (unpaired) electrons. The molecule has 2 atom stereocenters. The van der Waals surface area contributed by atoms with Crippen molar-refractivity contribution in [3.05, 3.63) is 64.7 Å². The average molecular weight is 434 g/mol. The normalized spacial score (nSPS) is 20.1. The summed E-state index contributed by atoms with van der Waals surface area (Å²) in [6, 6.07) is 11.5. The molecule has 4 rings (SSSR count). The van der Waals surface area contributed by atoms with Crippen molar-refractivity contribution in [2.75, 3.05) is 11.5 Å². The topological polar surface area (TPSA) is 92.8 Å². The van der Waals surface area contributed by atoms with Crippen molar-refractivity contribution in [1.82, 2.24) is 5.32 Å². The summed E-state index contributed by atoms with van der Waals surface area (Å²) in [7, 11) is 0. The van der Waals surface area contributed by atoms with Crippen molar-refractivity contribution in [3.8, 4) is 0 Å². The Labute approximate surface area is 186 Å². The first-order valence-electron chi connectivity index (χ1n) is 10.9. The molecule has 0 saturated heterocycles. The van der Waals surface area contributed by atoms with E-state index in [2.05, 4.69) is 12.2 Å². The predicted octanol–water partition coefficient (Wildman–Crippen LogP) is 3.65. The third-order valence-corrected chi connectivity index (χ3v) is 6.27. The number of nitrogens with zero attached hydrogens (tertiary/aromatic N) is 1. The second-order valence-corrected chi connectivity index (χ2v) is 8.50. The van der Waals surface area contributed by atoms with Crippen LogP contribution in [-0.4, -0.2) is 36.3 Å². The Kier molecular flexibility index (Phi) is 6.08. The van der Waals surface area contributed by atoms with E-state index < -0.39 is 17.8 Å². The number of fused-ring (bicyclic) bond motifs is 1. The van der Waals surface area contributed by atoms with Crippen LogP contribution in [0.2, 0.25) is 0 Å². The van der Waals surface area contributed by atoms with Crippen LogP contribution in [0.3, 0.4) is 0 Å². The number of imide groups is 1. The maximum absolute atomic E-state index is 12.9. The van der Waals surface area contributed by atoms with Crippen molar-refractivity contribution in [2.45, 2.75) is 45.6 Å². The molecule has 7 heteroatoms. The monoisotopic (exact) mass is 434 g/mol. The van der Waals surface area contributed by atoms with E-state index in [0.29, 0.717) is 11.6 Å². The van der Waals surface area contributed by atoms with Gasteiger partial charge < -0.3 is 10.1 Å². The molecule has 2 aliphatic rings. The summed E-state index contributed by atoms with van der Waals surface area (Å²) in [5, 5.41) is 2.94. The number of ether oxygens (including phenoxy) is 1. The van der Waals surface area contributed by atoms with Gasteiger partial charge in [-0.2, -0.15) is 0 Å². The first kappa shape index (κ1) is 21.7. The van der Waals surface area contributed by atoms with Crippen LogP contribution in [0.4, 0.5) is 5.69 Å². The molecule has 2 aromatic carbocycles. The smallest absolute Gasteiger partial charge is 0.338 e. The van der Waals surface area contributed by atoms with E-state index >= 15 is 0 Å². The lowest BCUT2D eigenvalue weighted by molar-refractivity contribution is -0.125. The van der Waals surface area contributed by atoms with Crippen molar-refractivity contribution in [2.24, 2.45) is 5.92 Å². The number of carbonyl (C=O) groups excluding carboxylic acids is 4. The number of hydrogen-bond donors (Lipinski definition) is 1. The number of hydrogen-bond acceptors (Lipinski definition) is 5. The van der Waals surface area contributed by atoms with E-state index in [-0.39, 0.29) is 35.2 Å². The van der Waals surface area contributed by atoms with Crippen LogP contribution in [0.1, 0.15) is 69.2 Å². The van der Waals surface area contributed by atoms with Crippen LogP contribution in [0.15, 0.2) is 42.5 Å². The van der Waals surface area contributed by atoms with Gasteiger partial charge in [0, 0.05) is 6.04 Å². The molecular formula is C25H26N2O5. The van der Waals surface area contributed by atoms with Gasteiger partial charge in [0.2, 0.25) is 0 Å². The fourth-order valence-corrected chi connectivity index (χ4v) is 4.39. The fourth-order valence-electron chi connectivity index (χ4n) is 4.39. The van der Waals surface area contributed by atoms with E-state index in [1.165, 1.54) is 24.6 Å². The van der Waals surface area contributed by atoms with E-state index in [9.17, 15) is 19.2 Å². The number of carbonyl (C=O) groups is 4. The Morgan fingerprint density at radius 3 is 2.50 bits per heavy atom. The Morgan fingerprint density at radius 2 is 1.75 bits per heavy atom. The zero-order chi connectivity index (χ0) is 22.8. The van der Waals surface area contributed by atoms with E-state index in [4.69, 9.17) is 4.74 Å². The molecule has 1 aliphatic heterocycles. The number of amides is 3. The second-order valence-electron chi connectivity index (χ2n) is 8.50. The molecular weight excluding hydrogens is 408 g/mol. The van der Waals surface area contributed by atoms with E-state index in [1.807, 2.05) is 19.1 Å². The third kappa shape index (κ3) is 4.15. The average Bonchev–Trinajstić information content (AvgIpc) is 3.03. The molecule has 1 fully saturated rings. The summed E-state index contributed by atoms with van der Waals surface area (Å²) in [5.41, 5.74) is 1.80. The molecule has 1 saturated carbocycles. The number of anilines is 1. The number of aryl methyl sites for hydroxylation is 1. The van der Waals surface area contributed by atoms with Crippen molar-refractivity contribution >= 4 is 29.4 Å². The van der Waals surface area contributed by atoms with Crippen molar-refractivity contribution in [3.63, 3.8) is 0 Å². The maximum Gasteiger partial charge on any atom is 0.338 e. The molecule has 2 aromatic rings. The van der Waals surface area contributed by atoms with Gasteiger partial charge in [0.25, 0.3) is 17.7 Å². The zero-order valence-electron chi connectivity index (χ0n) is 18.2. The van der Waals surface area contributed by atoms with Crippen LogP contribution >= 0.6 is 0 Å². The summed E-state index contributed by atoms with van der Waals surface area (Å²) in [5.74, 6) is -1.57. The summed E-state index contributed by atoms with van der Waals surface area (Å²) >= 11 is 0. The van der Waals surface area contributed by atoms with Gasteiger partial charge in [-0.05, 0) is 55.5 Å². The van der Waals surface area contributed by atoms with Gasteiger partial charge in [-0.15, -0.1) is 0 Å². The fraction of sp³-hybridized carbons (Fsp3) is 0.360. The van der Waals surface area contributed by atoms with E-state index in [1.54, 1.807) is 12.1 Å². The Balaban J connectivity index is 1.43. The van der Waals surface area contributed by atoms with Crippen LogP contribution in [0, 0.1) is 12.8 Å². The van der Waals surface area contributed by atoms with Crippen LogP contribution in [0.5, 0.6) is 0 Å². The minimum absolute atomic E-state index is 0.103. The van der Waals surface area contributed by atoms with Crippen LogP contribution < -0.4 is 10.2 Å². The van der Waals surface area contributed by atoms with Crippen LogP contribution in [-0.2, 0) is 9.53 Å². The first-order chi connectivity index (χ1) is 15.4. The number of esters is 1. The number of benzene rings is 2. The highest BCUT2D eigenvalue weighted by Crippen LogP contribution is 2.31. The largest absolute Gasteiger partial charge is 0.452 e. The Morgan fingerprint density at radius 1 is 1.03 bits per heavy atom. The van der Waals surface area contributed by atoms with Gasteiger partial charge in [-0.3, -0.25) is 14.4 Å². The molecule has 1 heterocycles. The number of nitrogens with one attached hydrogen (secondary N) is 1. The van der Waals surface area contributed by atoms with Crippen molar-refractivity contribution < 1.29 is 23.9 Å². The molecule has 1 N–H and O–H groups in total. The first-order valence-corrected chi connectivity index (χ1v) is 10.9. The Bertz CT molecular complexity index is 1090. The number of rotatable bonds is 5. The minimum Gasteiger partial charge on any atom is -0.452 e. The van der Waals surface area contributed by atoms with Gasteiger partial charge in [-0.1, -0.05) is 38.0 Å². The maximum atomic E-state index is 12.9. The molecule has 166 valence electrons. The highest BCUT2D eigenvalue weighted by atomic mass is 16.5. The minimum atomic E-state index is -0.714. The molecule has 1 aliphatic carbocycles. The number of para-hydroxylation sites is 1. The summed E-state index contributed by atoms with van der Waals surface area (Å²) in [6.45, 7) is 3.54. The summed E-state index contributed by atoms with van der Waals surface area (Å²) in [6.07, 6.45) is 4.26. The molecule has 0 bridgehead atoms. The van der Waals surface area contributed by atoms with Gasteiger partial charge in [0.15, 0.2) is 6.61 Å². The highest BCUT2D eigenvalue weighted by molar-refractivity contribution is 6.34. The molecule has 32 heavy (non-hydrogen) atoms. The lowest BCUT2D eigenvalue weighted by Crippen LogP contribution is -2.42. The highest BCUT2D eigenvalue weighted by Gasteiger charge is 2.37. The van der Waals surface area contributed by atoms with Gasteiger partial charge >= 0.3 is 5.97 Å². The second kappa shape index (κ2) is 8.94. The third-order valence-electron chi connectivity index (χ3n) is 6.27. The molecule has 3 amide bonds.